The number of alkyl halides is 3. The second-order valence-electron chi connectivity index (χ2n) is 5.81. The van der Waals surface area contributed by atoms with E-state index in [1.807, 2.05) is 0 Å². The first-order valence-electron chi connectivity index (χ1n) is 8.16. The highest BCUT2D eigenvalue weighted by Gasteiger charge is 2.34. The minimum Gasteiger partial charge on any atom is -0.290 e. The number of nitrogens with zero attached hydrogens (tertiary/aromatic N) is 3. The van der Waals surface area contributed by atoms with Crippen LogP contribution in [0.15, 0.2) is 56.8 Å². The van der Waals surface area contributed by atoms with Crippen molar-refractivity contribution in [2.45, 2.75) is 6.18 Å². The molecule has 0 unspecified atom stereocenters. The van der Waals surface area contributed by atoms with Gasteiger partial charge in [-0.05, 0) is 28.1 Å². The number of rotatable bonds is 4. The smallest absolute Gasteiger partial charge is 0.290 e. The van der Waals surface area contributed by atoms with Crippen molar-refractivity contribution in [1.82, 2.24) is 9.97 Å². The van der Waals surface area contributed by atoms with Crippen LogP contribution in [0.5, 0.6) is 0 Å². The van der Waals surface area contributed by atoms with Gasteiger partial charge in [-0.2, -0.15) is 23.5 Å². The van der Waals surface area contributed by atoms with Gasteiger partial charge in [-0.3, -0.25) is 9.78 Å². The normalized spacial score (nSPS) is 11.5. The molecule has 0 atom stereocenters. The number of aromatic amines is 1. The average molecular weight is 480 g/mol. The molecule has 2 N–H and O–H groups in total. The lowest BCUT2D eigenvalue weighted by Crippen LogP contribution is -2.16. The molecule has 1 heterocycles. The van der Waals surface area contributed by atoms with Gasteiger partial charge in [0.15, 0.2) is 0 Å². The van der Waals surface area contributed by atoms with Crippen LogP contribution in [-0.2, 0) is 6.18 Å². The highest BCUT2D eigenvalue weighted by molar-refractivity contribution is 9.10. The minimum atomic E-state index is -4.69. The molecule has 0 amide bonds. The Bertz CT molecular complexity index is 1220. The first kappa shape index (κ1) is 21.2. The fourth-order valence-corrected chi connectivity index (χ4v) is 3.15. The van der Waals surface area contributed by atoms with Crippen LogP contribution < -0.4 is 11.0 Å². The van der Waals surface area contributed by atoms with Gasteiger partial charge in [0.05, 0.1) is 17.5 Å². The van der Waals surface area contributed by atoms with Crippen molar-refractivity contribution < 1.29 is 17.6 Å². The fourth-order valence-electron chi connectivity index (χ4n) is 2.50. The molecule has 0 saturated heterocycles. The molecule has 0 bridgehead atoms. The Balaban J connectivity index is 1.96. The Hall–Kier alpha value is -3.52. The van der Waals surface area contributed by atoms with Crippen molar-refractivity contribution in [1.29, 1.82) is 5.26 Å². The molecule has 3 aromatic rings. The number of hydrogen-bond donors (Lipinski definition) is 2. The molecule has 0 aliphatic rings. The monoisotopic (exact) mass is 479 g/mol. The second-order valence-corrected chi connectivity index (χ2v) is 6.60. The first-order valence-corrected chi connectivity index (χ1v) is 8.95. The standard InChI is InChI=1S/C19H10BrF4N5O/c20-15-12(14(21)7-6-13(15)19(22,23)24)9-26-29-18-27-16(10-4-2-1-3-5-10)11(8-25)17(30)28-18/h1-7,9H,(H2,27,28,29,30). The predicted octanol–water partition coefficient (Wildman–Crippen LogP) is 4.67. The van der Waals surface area contributed by atoms with Crippen LogP contribution in [0.4, 0.5) is 23.5 Å². The summed E-state index contributed by atoms with van der Waals surface area (Å²) in [6, 6.07) is 11.5. The topological polar surface area (TPSA) is 93.9 Å². The van der Waals surface area contributed by atoms with E-state index in [4.69, 9.17) is 0 Å². The van der Waals surface area contributed by atoms with Crippen LogP contribution in [0.1, 0.15) is 16.7 Å². The van der Waals surface area contributed by atoms with E-state index in [2.05, 4.69) is 36.4 Å². The highest BCUT2D eigenvalue weighted by Crippen LogP contribution is 2.36. The van der Waals surface area contributed by atoms with Crippen LogP contribution >= 0.6 is 15.9 Å². The van der Waals surface area contributed by atoms with Gasteiger partial charge >= 0.3 is 6.18 Å². The zero-order chi connectivity index (χ0) is 21.9. The summed E-state index contributed by atoms with van der Waals surface area (Å²) < 4.78 is 52.4. The van der Waals surface area contributed by atoms with Gasteiger partial charge in [-0.15, -0.1) is 0 Å². The molecule has 0 aliphatic heterocycles. The maximum atomic E-state index is 14.0. The third-order valence-corrected chi connectivity index (χ3v) is 4.73. The summed E-state index contributed by atoms with van der Waals surface area (Å²) in [4.78, 5) is 18.6. The molecule has 0 spiro atoms. The number of aromatic nitrogens is 2. The molecule has 152 valence electrons. The molecule has 30 heavy (non-hydrogen) atoms. The van der Waals surface area contributed by atoms with E-state index < -0.39 is 33.2 Å². The van der Waals surface area contributed by atoms with Gasteiger partial charge in [0, 0.05) is 15.6 Å². The molecule has 6 nitrogen and oxygen atoms in total. The fraction of sp³-hybridized carbons (Fsp3) is 0.0526. The number of hydrogen-bond acceptors (Lipinski definition) is 5. The van der Waals surface area contributed by atoms with Crippen LogP contribution in [0.2, 0.25) is 0 Å². The summed E-state index contributed by atoms with van der Waals surface area (Å²) in [7, 11) is 0. The number of nitriles is 1. The largest absolute Gasteiger partial charge is 0.417 e. The third-order valence-electron chi connectivity index (χ3n) is 3.87. The summed E-state index contributed by atoms with van der Waals surface area (Å²) in [5.74, 6) is -1.12. The zero-order valence-electron chi connectivity index (χ0n) is 14.8. The summed E-state index contributed by atoms with van der Waals surface area (Å²) in [5, 5.41) is 12.9. The number of anilines is 1. The summed E-state index contributed by atoms with van der Waals surface area (Å²) in [5.41, 5.74) is 0.445. The summed E-state index contributed by atoms with van der Waals surface area (Å²) in [6.07, 6.45) is -3.87. The van der Waals surface area contributed by atoms with E-state index in [9.17, 15) is 27.6 Å². The number of hydrazone groups is 1. The number of nitrogens with one attached hydrogen (secondary N) is 2. The molecule has 11 heteroatoms. The Morgan fingerprint density at radius 3 is 2.53 bits per heavy atom. The lowest BCUT2D eigenvalue weighted by Gasteiger charge is -2.11. The molecule has 0 radical (unpaired) electrons. The Labute approximate surface area is 175 Å². The lowest BCUT2D eigenvalue weighted by atomic mass is 10.1. The van der Waals surface area contributed by atoms with Crippen molar-refractivity contribution in [3.05, 3.63) is 79.8 Å². The predicted molar refractivity (Wildman–Crippen MR) is 105 cm³/mol. The van der Waals surface area contributed by atoms with Crippen LogP contribution in [0.3, 0.4) is 0 Å². The van der Waals surface area contributed by atoms with Crippen molar-refractivity contribution in [2.75, 3.05) is 5.43 Å². The Kier molecular flexibility index (Phi) is 5.98. The van der Waals surface area contributed by atoms with E-state index in [0.717, 1.165) is 6.21 Å². The summed E-state index contributed by atoms with van der Waals surface area (Å²) >= 11 is 2.74. The van der Waals surface area contributed by atoms with Gasteiger partial charge in [-0.1, -0.05) is 30.3 Å². The average Bonchev–Trinajstić information content (AvgIpc) is 2.69. The van der Waals surface area contributed by atoms with Gasteiger partial charge in [-0.25, -0.2) is 14.8 Å². The van der Waals surface area contributed by atoms with Crippen molar-refractivity contribution in [3.63, 3.8) is 0 Å². The van der Waals surface area contributed by atoms with Crippen LogP contribution in [-0.4, -0.2) is 16.2 Å². The Morgan fingerprint density at radius 1 is 1.20 bits per heavy atom. The number of benzene rings is 2. The van der Waals surface area contributed by atoms with Crippen LogP contribution in [0, 0.1) is 17.1 Å². The lowest BCUT2D eigenvalue weighted by molar-refractivity contribution is -0.138. The van der Waals surface area contributed by atoms with Crippen molar-refractivity contribution in [2.24, 2.45) is 5.10 Å². The van der Waals surface area contributed by atoms with E-state index in [1.165, 1.54) is 0 Å². The molecular formula is C19H10BrF4N5O. The first-order chi connectivity index (χ1) is 14.2. The van der Waals surface area contributed by atoms with Gasteiger partial charge in [0.2, 0.25) is 5.95 Å². The highest BCUT2D eigenvalue weighted by atomic mass is 79.9. The second kappa shape index (κ2) is 8.46. The van der Waals surface area contributed by atoms with E-state index in [0.29, 0.717) is 17.7 Å². The molecule has 0 fully saturated rings. The van der Waals surface area contributed by atoms with Gasteiger partial charge in [0.25, 0.3) is 5.56 Å². The zero-order valence-corrected chi connectivity index (χ0v) is 16.3. The maximum Gasteiger partial charge on any atom is 0.417 e. The van der Waals surface area contributed by atoms with Crippen molar-refractivity contribution >= 4 is 28.1 Å². The SMILES string of the molecule is N#Cc1c(-c2ccccc2)nc(NN=Cc2c(F)ccc(C(F)(F)F)c2Br)[nH]c1=O. The summed E-state index contributed by atoms with van der Waals surface area (Å²) in [6.45, 7) is 0. The maximum absolute atomic E-state index is 14.0. The quantitative estimate of drug-likeness (QED) is 0.322. The molecule has 0 aliphatic carbocycles. The van der Waals surface area contributed by atoms with E-state index >= 15 is 0 Å². The molecule has 3 rings (SSSR count). The molecule has 1 aromatic heterocycles. The van der Waals surface area contributed by atoms with E-state index in [1.54, 1.807) is 36.4 Å². The van der Waals surface area contributed by atoms with Crippen LogP contribution in [0.25, 0.3) is 11.3 Å². The van der Waals surface area contributed by atoms with Gasteiger partial charge in [0.1, 0.15) is 17.4 Å². The van der Waals surface area contributed by atoms with E-state index in [-0.39, 0.29) is 17.2 Å². The van der Waals surface area contributed by atoms with Gasteiger partial charge < -0.3 is 0 Å². The Morgan fingerprint density at radius 2 is 1.90 bits per heavy atom. The molecule has 0 saturated carbocycles. The van der Waals surface area contributed by atoms with Crippen molar-refractivity contribution in [3.8, 4) is 17.3 Å². The third kappa shape index (κ3) is 4.38. The number of H-pyrrole nitrogens is 1. The molecular weight excluding hydrogens is 470 g/mol. The number of halogens is 5. The minimum absolute atomic E-state index is 0.0889. The molecule has 2 aromatic carbocycles.